The highest BCUT2D eigenvalue weighted by Crippen LogP contribution is 2.40. The molecule has 1 aliphatic heterocycles. The van der Waals surface area contributed by atoms with Gasteiger partial charge in [0, 0.05) is 28.3 Å². The summed E-state index contributed by atoms with van der Waals surface area (Å²) in [5.74, 6) is 2.36. The molecule has 0 saturated carbocycles. The van der Waals surface area contributed by atoms with Crippen LogP contribution in [0, 0.1) is 12.3 Å². The molecule has 1 aromatic carbocycles. The Morgan fingerprint density at radius 1 is 1.38 bits per heavy atom. The monoisotopic (exact) mass is 349 g/mol. The van der Waals surface area contributed by atoms with E-state index in [1.165, 1.54) is 6.20 Å². The van der Waals surface area contributed by atoms with Gasteiger partial charge in [-0.15, -0.1) is 6.42 Å². The third-order valence-electron chi connectivity index (χ3n) is 4.37. The molecule has 0 saturated heterocycles. The zero-order valence-electron chi connectivity index (χ0n) is 15.0. The first-order valence-electron chi connectivity index (χ1n) is 8.35. The third-order valence-corrected chi connectivity index (χ3v) is 4.37. The van der Waals surface area contributed by atoms with E-state index in [0.29, 0.717) is 23.4 Å². The van der Waals surface area contributed by atoms with Crippen LogP contribution >= 0.6 is 0 Å². The smallest absolute Gasteiger partial charge is 0.340 e. The fourth-order valence-electron chi connectivity index (χ4n) is 3.03. The predicted molar refractivity (Wildman–Crippen MR) is 96.8 cm³/mol. The lowest BCUT2D eigenvalue weighted by Crippen LogP contribution is -2.30. The normalized spacial score (nSPS) is 14.8. The van der Waals surface area contributed by atoms with Crippen LogP contribution in [0.4, 0.5) is 0 Å². The number of nitrogens with zero attached hydrogens (tertiary/aromatic N) is 1. The van der Waals surface area contributed by atoms with Crippen LogP contribution in [0.15, 0.2) is 30.5 Å². The molecule has 0 bridgehead atoms. The molecule has 0 fully saturated rings. The molecule has 5 heteroatoms. The molecule has 0 N–H and O–H groups in total. The number of ether oxygens (including phenoxy) is 2. The van der Waals surface area contributed by atoms with Crippen LogP contribution in [-0.4, -0.2) is 23.5 Å². The van der Waals surface area contributed by atoms with E-state index in [4.69, 9.17) is 15.9 Å². The summed E-state index contributed by atoms with van der Waals surface area (Å²) < 4.78 is 10.3. The number of pyridine rings is 1. The van der Waals surface area contributed by atoms with Crippen molar-refractivity contribution in [2.24, 2.45) is 0 Å². The average molecular weight is 349 g/mol. The Morgan fingerprint density at radius 3 is 2.85 bits per heavy atom. The topological polar surface area (TPSA) is 65.5 Å². The second-order valence-electron chi connectivity index (χ2n) is 6.73. The second kappa shape index (κ2) is 6.64. The Balaban J connectivity index is 2.04. The standard InChI is InChI=1S/C21H19NO4/c1-5-13-10-17(22-12-15(13)20(24)25-6-2)14-7-8-18-16(9-14)21(3,4)11-19(23)26-18/h1,7-10,12H,6,11H2,2-4H3. The van der Waals surface area contributed by atoms with Gasteiger partial charge in [-0.2, -0.15) is 0 Å². The predicted octanol–water partition coefficient (Wildman–Crippen LogP) is 3.49. The van der Waals surface area contributed by atoms with Crippen LogP contribution < -0.4 is 4.74 Å². The van der Waals surface area contributed by atoms with Gasteiger partial charge in [-0.1, -0.05) is 19.8 Å². The van der Waals surface area contributed by atoms with E-state index in [1.54, 1.807) is 19.1 Å². The Hall–Kier alpha value is -3.13. The van der Waals surface area contributed by atoms with Gasteiger partial charge in [0.2, 0.25) is 0 Å². The molecule has 1 aromatic heterocycles. The van der Waals surface area contributed by atoms with Crippen molar-refractivity contribution < 1.29 is 19.1 Å². The Labute approximate surface area is 152 Å². The van der Waals surface area contributed by atoms with Crippen molar-refractivity contribution in [3.8, 4) is 29.4 Å². The van der Waals surface area contributed by atoms with Gasteiger partial charge in [0.25, 0.3) is 0 Å². The summed E-state index contributed by atoms with van der Waals surface area (Å²) in [6.07, 6.45) is 7.31. The summed E-state index contributed by atoms with van der Waals surface area (Å²) in [7, 11) is 0. The molecule has 0 radical (unpaired) electrons. The fourth-order valence-corrected chi connectivity index (χ4v) is 3.03. The molecule has 2 aromatic rings. The van der Waals surface area contributed by atoms with Crippen LogP contribution in [0.25, 0.3) is 11.3 Å². The number of hydrogen-bond acceptors (Lipinski definition) is 5. The summed E-state index contributed by atoms with van der Waals surface area (Å²) >= 11 is 0. The SMILES string of the molecule is C#Cc1cc(-c2ccc3c(c2)C(C)(C)CC(=O)O3)ncc1C(=O)OCC. The lowest BCUT2D eigenvalue weighted by atomic mass is 9.79. The molecule has 0 aliphatic carbocycles. The molecule has 5 nitrogen and oxygen atoms in total. The molecule has 132 valence electrons. The number of esters is 2. The van der Waals surface area contributed by atoms with Gasteiger partial charge >= 0.3 is 11.9 Å². The average Bonchev–Trinajstić information content (AvgIpc) is 2.60. The Morgan fingerprint density at radius 2 is 2.15 bits per heavy atom. The molecule has 0 atom stereocenters. The van der Waals surface area contributed by atoms with Gasteiger partial charge in [0.05, 0.1) is 24.3 Å². The van der Waals surface area contributed by atoms with Gasteiger partial charge in [-0.3, -0.25) is 9.78 Å². The minimum absolute atomic E-state index is 0.234. The van der Waals surface area contributed by atoms with Crippen LogP contribution in [0.5, 0.6) is 5.75 Å². The Bertz CT molecular complexity index is 938. The molecular weight excluding hydrogens is 330 g/mol. The highest BCUT2D eigenvalue weighted by atomic mass is 16.5. The van der Waals surface area contributed by atoms with Gasteiger partial charge in [0.1, 0.15) is 5.75 Å². The lowest BCUT2D eigenvalue weighted by Gasteiger charge is -2.31. The highest BCUT2D eigenvalue weighted by molar-refractivity contribution is 5.92. The molecule has 2 heterocycles. The van der Waals surface area contributed by atoms with Crippen molar-refractivity contribution in [1.82, 2.24) is 4.98 Å². The molecule has 3 rings (SSSR count). The van der Waals surface area contributed by atoms with E-state index in [1.807, 2.05) is 26.0 Å². The maximum Gasteiger partial charge on any atom is 0.340 e. The number of fused-ring (bicyclic) bond motifs is 1. The first-order valence-corrected chi connectivity index (χ1v) is 8.35. The van der Waals surface area contributed by atoms with Gasteiger partial charge in [-0.05, 0) is 31.2 Å². The van der Waals surface area contributed by atoms with Gasteiger partial charge in [-0.25, -0.2) is 4.79 Å². The summed E-state index contributed by atoms with van der Waals surface area (Å²) in [5.41, 5.74) is 2.78. The molecular formula is C21H19NO4. The van der Waals surface area contributed by atoms with Crippen LogP contribution in [0.2, 0.25) is 0 Å². The minimum atomic E-state index is -0.488. The van der Waals surface area contributed by atoms with Crippen LogP contribution in [0.1, 0.15) is 48.7 Å². The first-order chi connectivity index (χ1) is 12.4. The minimum Gasteiger partial charge on any atom is -0.462 e. The maximum atomic E-state index is 12.0. The number of carbonyl (C=O) groups is 2. The highest BCUT2D eigenvalue weighted by Gasteiger charge is 2.34. The van der Waals surface area contributed by atoms with E-state index in [0.717, 1.165) is 11.1 Å². The summed E-state index contributed by atoms with van der Waals surface area (Å²) in [6, 6.07) is 7.23. The van der Waals surface area contributed by atoms with Gasteiger partial charge in [0.15, 0.2) is 0 Å². The van der Waals surface area contributed by atoms with E-state index in [-0.39, 0.29) is 23.6 Å². The van der Waals surface area contributed by atoms with E-state index in [9.17, 15) is 9.59 Å². The number of benzene rings is 1. The summed E-state index contributed by atoms with van der Waals surface area (Å²) in [5, 5.41) is 0. The Kier molecular flexibility index (Phi) is 4.52. The van der Waals surface area contributed by atoms with Crippen molar-refractivity contribution in [2.45, 2.75) is 32.6 Å². The lowest BCUT2D eigenvalue weighted by molar-refractivity contribution is -0.136. The van der Waals surface area contributed by atoms with Crippen LogP contribution in [0.3, 0.4) is 0 Å². The third kappa shape index (κ3) is 3.18. The van der Waals surface area contributed by atoms with Gasteiger partial charge < -0.3 is 9.47 Å². The van der Waals surface area contributed by atoms with Crippen molar-refractivity contribution >= 4 is 11.9 Å². The van der Waals surface area contributed by atoms with Crippen molar-refractivity contribution in [3.63, 3.8) is 0 Å². The van der Waals surface area contributed by atoms with Crippen LogP contribution in [-0.2, 0) is 14.9 Å². The molecule has 0 amide bonds. The van der Waals surface area contributed by atoms with Crippen molar-refractivity contribution in [1.29, 1.82) is 0 Å². The quantitative estimate of drug-likeness (QED) is 0.482. The van der Waals surface area contributed by atoms with Crippen molar-refractivity contribution in [2.75, 3.05) is 6.61 Å². The van der Waals surface area contributed by atoms with Crippen molar-refractivity contribution in [3.05, 3.63) is 47.2 Å². The molecule has 0 spiro atoms. The number of hydrogen-bond donors (Lipinski definition) is 0. The zero-order chi connectivity index (χ0) is 18.9. The van der Waals surface area contributed by atoms with E-state index >= 15 is 0 Å². The maximum absolute atomic E-state index is 12.0. The number of rotatable bonds is 3. The second-order valence-corrected chi connectivity index (χ2v) is 6.73. The number of carbonyl (C=O) groups excluding carboxylic acids is 2. The first kappa shape index (κ1) is 17.7. The van der Waals surface area contributed by atoms with E-state index < -0.39 is 5.97 Å². The molecule has 1 aliphatic rings. The fraction of sp³-hybridized carbons (Fsp3) is 0.286. The largest absolute Gasteiger partial charge is 0.462 e. The summed E-state index contributed by atoms with van der Waals surface area (Å²) in [6.45, 7) is 6.00. The molecule has 26 heavy (non-hydrogen) atoms. The van der Waals surface area contributed by atoms with E-state index in [2.05, 4.69) is 10.9 Å². The number of aromatic nitrogens is 1. The summed E-state index contributed by atoms with van der Waals surface area (Å²) in [4.78, 5) is 28.1. The zero-order valence-corrected chi connectivity index (χ0v) is 15.0. The molecule has 0 unspecified atom stereocenters. The number of terminal acetylenes is 1.